The van der Waals surface area contributed by atoms with Gasteiger partial charge in [0.2, 0.25) is 17.7 Å². The monoisotopic (exact) mass is 448 g/mol. The van der Waals surface area contributed by atoms with Crippen molar-refractivity contribution in [3.05, 3.63) is 65.7 Å². The summed E-state index contributed by atoms with van der Waals surface area (Å²) in [6, 6.07) is 14.9. The quantitative estimate of drug-likeness (QED) is 0.541. The molecule has 5 rings (SSSR count). The number of nitrogens with one attached hydrogen (secondary N) is 3. The Morgan fingerprint density at radius 3 is 2.36 bits per heavy atom. The molecule has 8 heteroatoms. The van der Waals surface area contributed by atoms with Crippen molar-refractivity contribution in [2.24, 2.45) is 5.92 Å². The standard InChI is InChI=1S/C25H28N4O4/c1-14(2)20-22(31)26-18(21(30)28-20)13-25(33)16-10-6-7-11-19(16)29-23(32)17(27-24(25)29)12-15-8-4-3-5-9-15/h3-11,14,17-18,20,24,27,33H,12-13H2,1-2H3,(H,26,31)(H,28,30). The topological polar surface area (TPSA) is 111 Å². The van der Waals surface area contributed by atoms with E-state index in [0.717, 1.165) is 5.56 Å². The number of amides is 3. The number of nitrogens with zero attached hydrogens (tertiary/aromatic N) is 1. The molecule has 3 heterocycles. The maximum absolute atomic E-state index is 13.4. The number of anilines is 1. The van der Waals surface area contributed by atoms with E-state index in [1.807, 2.05) is 50.2 Å². The summed E-state index contributed by atoms with van der Waals surface area (Å²) in [5.74, 6) is -0.764. The van der Waals surface area contributed by atoms with Gasteiger partial charge < -0.3 is 15.7 Å². The third kappa shape index (κ3) is 3.50. The average molecular weight is 449 g/mol. The summed E-state index contributed by atoms with van der Waals surface area (Å²) in [5.41, 5.74) is 0.667. The van der Waals surface area contributed by atoms with Crippen molar-refractivity contribution in [1.29, 1.82) is 0 Å². The number of aliphatic hydroxyl groups is 1. The van der Waals surface area contributed by atoms with Crippen molar-refractivity contribution in [2.75, 3.05) is 4.90 Å². The van der Waals surface area contributed by atoms with Crippen LogP contribution in [0, 0.1) is 5.92 Å². The minimum Gasteiger partial charge on any atom is -0.381 e. The number of fused-ring (bicyclic) bond motifs is 3. The fourth-order valence-electron chi connectivity index (χ4n) is 5.23. The number of hydrogen-bond donors (Lipinski definition) is 4. The zero-order chi connectivity index (χ0) is 23.3. The highest BCUT2D eigenvalue weighted by atomic mass is 16.3. The minimum absolute atomic E-state index is 0.0476. The van der Waals surface area contributed by atoms with Gasteiger partial charge in [0.25, 0.3) is 0 Å². The molecule has 0 aliphatic carbocycles. The normalized spacial score (nSPS) is 30.8. The molecule has 3 aliphatic rings. The molecule has 0 aromatic heterocycles. The molecule has 3 amide bonds. The number of piperazine rings is 1. The third-order valence-electron chi connectivity index (χ3n) is 6.91. The second-order valence-corrected chi connectivity index (χ2v) is 9.46. The first-order valence-electron chi connectivity index (χ1n) is 11.4. The molecule has 8 nitrogen and oxygen atoms in total. The van der Waals surface area contributed by atoms with E-state index in [0.29, 0.717) is 17.7 Å². The first kappa shape index (κ1) is 21.6. The molecular weight excluding hydrogens is 420 g/mol. The van der Waals surface area contributed by atoms with Gasteiger partial charge in [-0.05, 0) is 24.0 Å². The number of carbonyl (C=O) groups excluding carboxylic acids is 3. The van der Waals surface area contributed by atoms with Crippen molar-refractivity contribution in [2.45, 2.75) is 56.6 Å². The highest BCUT2D eigenvalue weighted by Crippen LogP contribution is 2.48. The zero-order valence-corrected chi connectivity index (χ0v) is 18.6. The second-order valence-electron chi connectivity index (χ2n) is 9.46. The Bertz CT molecular complexity index is 1100. The fraction of sp³-hybridized carbons (Fsp3) is 0.400. The first-order chi connectivity index (χ1) is 15.8. The Morgan fingerprint density at radius 1 is 0.939 bits per heavy atom. The molecule has 0 saturated carbocycles. The van der Waals surface area contributed by atoms with Crippen molar-refractivity contribution in [1.82, 2.24) is 16.0 Å². The highest BCUT2D eigenvalue weighted by molar-refractivity contribution is 6.03. The van der Waals surface area contributed by atoms with E-state index in [1.165, 1.54) is 0 Å². The lowest BCUT2D eigenvalue weighted by atomic mass is 9.85. The summed E-state index contributed by atoms with van der Waals surface area (Å²) < 4.78 is 0. The Balaban J connectivity index is 1.44. The SMILES string of the molecule is CC(C)C1NC(=O)C(CC2(O)c3ccccc3N3C(=O)C(Cc4ccccc4)NC32)NC1=O. The number of benzene rings is 2. The lowest BCUT2D eigenvalue weighted by molar-refractivity contribution is -0.140. The summed E-state index contributed by atoms with van der Waals surface area (Å²) in [6.07, 6.45) is -0.295. The van der Waals surface area contributed by atoms with E-state index in [4.69, 9.17) is 0 Å². The van der Waals surface area contributed by atoms with E-state index < -0.39 is 29.9 Å². The van der Waals surface area contributed by atoms with Gasteiger partial charge in [-0.15, -0.1) is 0 Å². The van der Waals surface area contributed by atoms with E-state index >= 15 is 0 Å². The number of carbonyl (C=O) groups is 3. The van der Waals surface area contributed by atoms with Gasteiger partial charge in [-0.25, -0.2) is 0 Å². The molecule has 2 saturated heterocycles. The Labute approximate surface area is 192 Å². The summed E-state index contributed by atoms with van der Waals surface area (Å²) in [4.78, 5) is 40.4. The molecule has 3 aliphatic heterocycles. The highest BCUT2D eigenvalue weighted by Gasteiger charge is 2.59. The first-order valence-corrected chi connectivity index (χ1v) is 11.4. The van der Waals surface area contributed by atoms with Crippen LogP contribution < -0.4 is 20.9 Å². The minimum atomic E-state index is -1.54. The largest absolute Gasteiger partial charge is 0.381 e. The van der Waals surface area contributed by atoms with Gasteiger partial charge in [0.15, 0.2) is 0 Å². The smallest absolute Gasteiger partial charge is 0.245 e. The molecule has 33 heavy (non-hydrogen) atoms. The summed E-state index contributed by atoms with van der Waals surface area (Å²) in [7, 11) is 0. The Hall–Kier alpha value is -3.23. The van der Waals surface area contributed by atoms with Crippen LogP contribution in [0.4, 0.5) is 5.69 Å². The summed E-state index contributed by atoms with van der Waals surface area (Å²) >= 11 is 0. The van der Waals surface area contributed by atoms with Crippen LogP contribution in [0.15, 0.2) is 54.6 Å². The molecule has 5 atom stereocenters. The molecule has 0 bridgehead atoms. The molecule has 2 aromatic carbocycles. The predicted molar refractivity (Wildman–Crippen MR) is 122 cm³/mol. The van der Waals surface area contributed by atoms with Gasteiger partial charge >= 0.3 is 0 Å². The fourth-order valence-corrected chi connectivity index (χ4v) is 5.23. The molecule has 172 valence electrons. The number of hydrogen-bond acceptors (Lipinski definition) is 5. The van der Waals surface area contributed by atoms with Crippen LogP contribution in [0.1, 0.15) is 31.4 Å². The molecule has 0 radical (unpaired) electrons. The van der Waals surface area contributed by atoms with E-state index in [9.17, 15) is 19.5 Å². The summed E-state index contributed by atoms with van der Waals surface area (Å²) in [5, 5.41) is 20.8. The van der Waals surface area contributed by atoms with Crippen LogP contribution in [0.5, 0.6) is 0 Å². The molecular formula is C25H28N4O4. The van der Waals surface area contributed by atoms with E-state index in [1.54, 1.807) is 23.1 Å². The molecule has 5 unspecified atom stereocenters. The predicted octanol–water partition coefficient (Wildman–Crippen LogP) is 0.791. The molecule has 2 aromatic rings. The molecule has 0 spiro atoms. The van der Waals surface area contributed by atoms with Crippen LogP contribution in [0.2, 0.25) is 0 Å². The van der Waals surface area contributed by atoms with Gasteiger partial charge in [0, 0.05) is 12.0 Å². The third-order valence-corrected chi connectivity index (χ3v) is 6.91. The van der Waals surface area contributed by atoms with Gasteiger partial charge in [0.1, 0.15) is 23.9 Å². The van der Waals surface area contributed by atoms with Gasteiger partial charge in [-0.1, -0.05) is 62.4 Å². The lowest BCUT2D eigenvalue weighted by Crippen LogP contribution is -2.65. The van der Waals surface area contributed by atoms with Crippen LogP contribution in [0.25, 0.3) is 0 Å². The molecule has 4 N–H and O–H groups in total. The number of para-hydroxylation sites is 1. The van der Waals surface area contributed by atoms with E-state index in [-0.39, 0.29) is 30.1 Å². The van der Waals surface area contributed by atoms with Crippen molar-refractivity contribution < 1.29 is 19.5 Å². The second kappa shape index (κ2) is 7.97. The Morgan fingerprint density at radius 2 is 1.64 bits per heavy atom. The van der Waals surface area contributed by atoms with Crippen molar-refractivity contribution in [3.63, 3.8) is 0 Å². The average Bonchev–Trinajstić information content (AvgIpc) is 3.24. The maximum Gasteiger partial charge on any atom is 0.245 e. The van der Waals surface area contributed by atoms with Crippen LogP contribution in [0.3, 0.4) is 0 Å². The van der Waals surface area contributed by atoms with Gasteiger partial charge in [0.05, 0.1) is 11.7 Å². The van der Waals surface area contributed by atoms with Crippen LogP contribution in [-0.2, 0) is 26.4 Å². The van der Waals surface area contributed by atoms with Crippen LogP contribution >= 0.6 is 0 Å². The van der Waals surface area contributed by atoms with Crippen LogP contribution in [-0.4, -0.2) is 47.1 Å². The van der Waals surface area contributed by atoms with Crippen molar-refractivity contribution >= 4 is 23.4 Å². The van der Waals surface area contributed by atoms with Gasteiger partial charge in [-0.2, -0.15) is 0 Å². The van der Waals surface area contributed by atoms with E-state index in [2.05, 4.69) is 16.0 Å². The zero-order valence-electron chi connectivity index (χ0n) is 18.6. The summed E-state index contributed by atoms with van der Waals surface area (Å²) in [6.45, 7) is 3.73. The molecule has 2 fully saturated rings. The van der Waals surface area contributed by atoms with Crippen molar-refractivity contribution in [3.8, 4) is 0 Å². The Kier molecular flexibility index (Phi) is 5.22. The number of rotatable bonds is 5. The lowest BCUT2D eigenvalue weighted by Gasteiger charge is -2.37. The van der Waals surface area contributed by atoms with Gasteiger partial charge in [-0.3, -0.25) is 24.6 Å². The maximum atomic E-state index is 13.4.